The van der Waals surface area contributed by atoms with Gasteiger partial charge in [-0.25, -0.2) is 15.0 Å². The average Bonchev–Trinajstić information content (AvgIpc) is 3.35. The van der Waals surface area contributed by atoms with Crippen LogP contribution in [0, 0.1) is 0 Å². The van der Waals surface area contributed by atoms with Crippen LogP contribution in [0.1, 0.15) is 28.8 Å². The third kappa shape index (κ3) is 2.36. The Morgan fingerprint density at radius 3 is 2.80 bits per heavy atom. The number of amides is 1. The maximum atomic E-state index is 12.8. The van der Waals surface area contributed by atoms with Crippen molar-refractivity contribution in [2.75, 3.05) is 10.2 Å². The van der Waals surface area contributed by atoms with E-state index in [-0.39, 0.29) is 5.91 Å². The Hall–Kier alpha value is -3.22. The van der Waals surface area contributed by atoms with Crippen LogP contribution in [0.3, 0.4) is 0 Å². The molecule has 0 radical (unpaired) electrons. The van der Waals surface area contributed by atoms with Crippen LogP contribution in [0.4, 0.5) is 17.3 Å². The van der Waals surface area contributed by atoms with Crippen molar-refractivity contribution < 1.29 is 4.79 Å². The summed E-state index contributed by atoms with van der Waals surface area (Å²) in [7, 11) is 0. The van der Waals surface area contributed by atoms with Crippen LogP contribution < -0.4 is 10.2 Å². The predicted molar refractivity (Wildman–Crippen MR) is 92.9 cm³/mol. The number of rotatable bonds is 3. The molecule has 25 heavy (non-hydrogen) atoms. The van der Waals surface area contributed by atoms with Crippen molar-refractivity contribution in [3.63, 3.8) is 0 Å². The van der Waals surface area contributed by atoms with Crippen LogP contribution in [0.2, 0.25) is 0 Å². The molecule has 1 fully saturated rings. The van der Waals surface area contributed by atoms with Gasteiger partial charge in [0.05, 0.1) is 24.1 Å². The molecule has 4 heterocycles. The lowest BCUT2D eigenvalue weighted by molar-refractivity contribution is 0.102. The van der Waals surface area contributed by atoms with Crippen molar-refractivity contribution in [2.45, 2.75) is 25.4 Å². The van der Waals surface area contributed by atoms with Gasteiger partial charge in [0.2, 0.25) is 0 Å². The Morgan fingerprint density at radius 2 is 2.00 bits per heavy atom. The van der Waals surface area contributed by atoms with Gasteiger partial charge >= 0.3 is 0 Å². The first-order valence-electron chi connectivity index (χ1n) is 8.30. The Bertz CT molecular complexity index is 948. The van der Waals surface area contributed by atoms with E-state index in [9.17, 15) is 4.79 Å². The fraction of sp³-hybridized carbons (Fsp3) is 0.222. The smallest absolute Gasteiger partial charge is 0.259 e. The molecule has 0 aromatic carbocycles. The number of pyridine rings is 2. The average molecular weight is 332 g/mol. The molecule has 0 unspecified atom stereocenters. The number of carbonyl (C=O) groups is 1. The summed E-state index contributed by atoms with van der Waals surface area (Å²) < 4.78 is 1.97. The van der Waals surface area contributed by atoms with E-state index in [1.165, 1.54) is 0 Å². The molecule has 1 aliphatic heterocycles. The number of carbonyl (C=O) groups excluding carboxylic acids is 1. The zero-order valence-corrected chi connectivity index (χ0v) is 13.5. The number of fused-ring (bicyclic) bond motifs is 2. The van der Waals surface area contributed by atoms with Gasteiger partial charge in [-0.05, 0) is 31.0 Å². The number of aromatic nitrogens is 4. The quantitative estimate of drug-likeness (QED) is 0.798. The molecule has 124 valence electrons. The highest BCUT2D eigenvalue weighted by Crippen LogP contribution is 2.43. The van der Waals surface area contributed by atoms with Gasteiger partial charge < -0.3 is 14.8 Å². The van der Waals surface area contributed by atoms with E-state index < -0.39 is 0 Å². The fourth-order valence-electron chi connectivity index (χ4n) is 3.24. The lowest BCUT2D eigenvalue weighted by Crippen LogP contribution is -2.22. The van der Waals surface area contributed by atoms with E-state index in [1.807, 2.05) is 22.9 Å². The van der Waals surface area contributed by atoms with E-state index >= 15 is 0 Å². The highest BCUT2D eigenvalue weighted by molar-refractivity contribution is 6.11. The Balaban J connectivity index is 1.68. The summed E-state index contributed by atoms with van der Waals surface area (Å²) in [5.74, 6) is 1.31. The maximum absolute atomic E-state index is 12.8. The molecule has 3 aromatic heterocycles. The van der Waals surface area contributed by atoms with Gasteiger partial charge in [0.1, 0.15) is 5.82 Å². The van der Waals surface area contributed by atoms with Gasteiger partial charge in [0.15, 0.2) is 5.82 Å². The number of anilines is 3. The fourth-order valence-corrected chi connectivity index (χ4v) is 3.24. The lowest BCUT2D eigenvalue weighted by atomic mass is 10.2. The lowest BCUT2D eigenvalue weighted by Gasteiger charge is -2.24. The van der Waals surface area contributed by atoms with Crippen molar-refractivity contribution in [1.29, 1.82) is 0 Å². The molecule has 7 nitrogen and oxygen atoms in total. The Morgan fingerprint density at radius 1 is 1.12 bits per heavy atom. The molecular formula is C18H16N6O. The zero-order chi connectivity index (χ0) is 16.8. The van der Waals surface area contributed by atoms with Crippen molar-refractivity contribution in [2.24, 2.45) is 0 Å². The first-order valence-corrected chi connectivity index (χ1v) is 8.30. The number of imidazole rings is 1. The summed E-state index contributed by atoms with van der Waals surface area (Å²) in [5, 5.41) is 3.06. The largest absolute Gasteiger partial charge is 0.333 e. The number of hydrogen-bond donors (Lipinski definition) is 1. The molecular weight excluding hydrogens is 316 g/mol. The highest BCUT2D eigenvalue weighted by atomic mass is 16.1. The number of nitrogens with one attached hydrogen (secondary N) is 1. The second-order valence-electron chi connectivity index (χ2n) is 6.33. The van der Waals surface area contributed by atoms with Crippen LogP contribution >= 0.6 is 0 Å². The SMILES string of the molecule is O=C1Nc2c(Cn3ccnc3)ccnc2N(C2CC2)c2ncccc21. The van der Waals surface area contributed by atoms with Crippen molar-refractivity contribution in [3.8, 4) is 0 Å². The minimum absolute atomic E-state index is 0.146. The second kappa shape index (κ2) is 5.41. The first-order chi connectivity index (χ1) is 12.3. The summed E-state index contributed by atoms with van der Waals surface area (Å²) in [6.07, 6.45) is 11.1. The maximum Gasteiger partial charge on any atom is 0.259 e. The van der Waals surface area contributed by atoms with E-state index in [0.29, 0.717) is 24.0 Å². The Labute approximate surface area is 144 Å². The molecule has 5 rings (SSSR count). The topological polar surface area (TPSA) is 75.9 Å². The molecule has 1 aliphatic carbocycles. The van der Waals surface area contributed by atoms with Gasteiger partial charge in [-0.2, -0.15) is 0 Å². The van der Waals surface area contributed by atoms with Crippen LogP contribution in [0.25, 0.3) is 0 Å². The standard InChI is InChI=1S/C18H16N6O/c25-18-14-2-1-6-20-16(14)24(13-3-4-13)17-15(22-18)12(5-7-21-17)10-23-9-8-19-11-23/h1-2,5-9,11,13H,3-4,10H2,(H,22,25). The highest BCUT2D eigenvalue weighted by Gasteiger charge is 2.38. The zero-order valence-electron chi connectivity index (χ0n) is 13.5. The monoisotopic (exact) mass is 332 g/mol. The number of nitrogens with zero attached hydrogens (tertiary/aromatic N) is 5. The Kier molecular flexibility index (Phi) is 3.06. The molecule has 1 N–H and O–H groups in total. The van der Waals surface area contributed by atoms with Gasteiger partial charge in [-0.3, -0.25) is 4.79 Å². The van der Waals surface area contributed by atoms with Crippen LogP contribution in [-0.4, -0.2) is 31.5 Å². The molecule has 7 heteroatoms. The van der Waals surface area contributed by atoms with Crippen molar-refractivity contribution >= 4 is 23.2 Å². The normalized spacial score (nSPS) is 16.0. The summed E-state index contributed by atoms with van der Waals surface area (Å²) in [4.78, 5) is 28.1. The van der Waals surface area contributed by atoms with Gasteiger partial charge in [-0.1, -0.05) is 0 Å². The third-order valence-corrected chi connectivity index (χ3v) is 4.57. The molecule has 3 aromatic rings. The summed E-state index contributed by atoms with van der Waals surface area (Å²) in [5.41, 5.74) is 2.34. The molecule has 0 bridgehead atoms. The molecule has 1 saturated carbocycles. The third-order valence-electron chi connectivity index (χ3n) is 4.57. The number of hydrogen-bond acceptors (Lipinski definition) is 5. The molecule has 1 amide bonds. The van der Waals surface area contributed by atoms with Crippen LogP contribution in [0.15, 0.2) is 49.3 Å². The minimum atomic E-state index is -0.146. The summed E-state index contributed by atoms with van der Waals surface area (Å²) >= 11 is 0. The summed E-state index contributed by atoms with van der Waals surface area (Å²) in [6.45, 7) is 0.618. The minimum Gasteiger partial charge on any atom is -0.333 e. The van der Waals surface area contributed by atoms with E-state index in [4.69, 9.17) is 0 Å². The van der Waals surface area contributed by atoms with E-state index in [2.05, 4.69) is 25.2 Å². The van der Waals surface area contributed by atoms with E-state index in [0.717, 1.165) is 29.9 Å². The van der Waals surface area contributed by atoms with E-state index in [1.54, 1.807) is 31.0 Å². The molecule has 0 atom stereocenters. The van der Waals surface area contributed by atoms with Gasteiger partial charge in [0.25, 0.3) is 5.91 Å². The van der Waals surface area contributed by atoms with Crippen LogP contribution in [-0.2, 0) is 6.54 Å². The van der Waals surface area contributed by atoms with Gasteiger partial charge in [-0.15, -0.1) is 0 Å². The second-order valence-corrected chi connectivity index (χ2v) is 6.33. The molecule has 0 saturated heterocycles. The van der Waals surface area contributed by atoms with Gasteiger partial charge in [0, 0.05) is 36.4 Å². The first kappa shape index (κ1) is 14.2. The van der Waals surface area contributed by atoms with Crippen LogP contribution in [0.5, 0.6) is 0 Å². The predicted octanol–water partition coefficient (Wildman–Crippen LogP) is 2.59. The van der Waals surface area contributed by atoms with Crippen molar-refractivity contribution in [1.82, 2.24) is 19.5 Å². The molecule has 0 spiro atoms. The van der Waals surface area contributed by atoms with Crippen molar-refractivity contribution in [3.05, 3.63) is 60.4 Å². The summed E-state index contributed by atoms with van der Waals surface area (Å²) in [6, 6.07) is 5.89. The molecule has 2 aliphatic rings.